The Hall–Kier alpha value is -0.870. The number of carboxylic acids is 1. The predicted octanol–water partition coefficient (Wildman–Crippen LogP) is 1.27. The highest BCUT2D eigenvalue weighted by molar-refractivity contribution is 5.79. The van der Waals surface area contributed by atoms with Crippen LogP contribution in [0.25, 0.3) is 0 Å². The summed E-state index contributed by atoms with van der Waals surface area (Å²) in [6.07, 6.45) is 3.83. The molecule has 0 radical (unpaired) electrons. The average molecular weight is 200 g/mol. The van der Waals surface area contributed by atoms with Gasteiger partial charge in [0.1, 0.15) is 6.79 Å². The summed E-state index contributed by atoms with van der Waals surface area (Å²) in [5.41, 5.74) is 0. The SMILES string of the molecule is CCC(/C=C\C(=O)O)C1COCOC1. The van der Waals surface area contributed by atoms with Gasteiger partial charge < -0.3 is 14.6 Å². The van der Waals surface area contributed by atoms with Crippen molar-refractivity contribution in [3.63, 3.8) is 0 Å². The predicted molar refractivity (Wildman–Crippen MR) is 50.8 cm³/mol. The monoisotopic (exact) mass is 200 g/mol. The number of carboxylic acid groups (broad SMARTS) is 1. The van der Waals surface area contributed by atoms with Crippen LogP contribution < -0.4 is 0 Å². The lowest BCUT2D eigenvalue weighted by Gasteiger charge is -2.27. The highest BCUT2D eigenvalue weighted by atomic mass is 16.7. The Kier molecular flexibility index (Phi) is 4.62. The average Bonchev–Trinajstić information content (AvgIpc) is 2.20. The van der Waals surface area contributed by atoms with Crippen molar-refractivity contribution in [2.45, 2.75) is 13.3 Å². The molecule has 0 aliphatic carbocycles. The molecule has 1 unspecified atom stereocenters. The Morgan fingerprint density at radius 3 is 2.71 bits per heavy atom. The molecule has 4 heteroatoms. The van der Waals surface area contributed by atoms with Crippen LogP contribution in [-0.4, -0.2) is 31.1 Å². The van der Waals surface area contributed by atoms with E-state index in [4.69, 9.17) is 14.6 Å². The number of allylic oxidation sites excluding steroid dienone is 1. The van der Waals surface area contributed by atoms with Crippen LogP contribution in [0, 0.1) is 11.8 Å². The summed E-state index contributed by atoms with van der Waals surface area (Å²) in [4.78, 5) is 10.4. The summed E-state index contributed by atoms with van der Waals surface area (Å²) >= 11 is 0. The van der Waals surface area contributed by atoms with E-state index in [9.17, 15) is 4.79 Å². The van der Waals surface area contributed by atoms with Gasteiger partial charge in [-0.3, -0.25) is 0 Å². The van der Waals surface area contributed by atoms with Gasteiger partial charge in [0.15, 0.2) is 0 Å². The van der Waals surface area contributed by atoms with Gasteiger partial charge in [0.25, 0.3) is 0 Å². The Labute approximate surface area is 83.5 Å². The third kappa shape index (κ3) is 3.47. The highest BCUT2D eigenvalue weighted by Crippen LogP contribution is 2.21. The molecule has 1 saturated heterocycles. The summed E-state index contributed by atoms with van der Waals surface area (Å²) in [5, 5.41) is 8.51. The first-order valence-electron chi connectivity index (χ1n) is 4.80. The molecule has 14 heavy (non-hydrogen) atoms. The van der Waals surface area contributed by atoms with E-state index in [2.05, 4.69) is 0 Å². The molecule has 0 aromatic carbocycles. The van der Waals surface area contributed by atoms with E-state index >= 15 is 0 Å². The quantitative estimate of drug-likeness (QED) is 0.694. The van der Waals surface area contributed by atoms with Crippen molar-refractivity contribution in [3.8, 4) is 0 Å². The molecule has 0 saturated carbocycles. The fraction of sp³-hybridized carbons (Fsp3) is 0.700. The maximum absolute atomic E-state index is 10.4. The van der Waals surface area contributed by atoms with Gasteiger partial charge in [-0.2, -0.15) is 0 Å². The minimum atomic E-state index is -0.902. The molecule has 1 N–H and O–H groups in total. The van der Waals surface area contributed by atoms with Crippen LogP contribution in [0.15, 0.2) is 12.2 Å². The Balaban J connectivity index is 2.47. The molecule has 1 aliphatic rings. The van der Waals surface area contributed by atoms with Crippen LogP contribution in [0.5, 0.6) is 0 Å². The molecule has 1 atom stereocenters. The van der Waals surface area contributed by atoms with Gasteiger partial charge in [-0.25, -0.2) is 4.79 Å². The zero-order chi connectivity index (χ0) is 10.4. The standard InChI is InChI=1S/C10H16O4/c1-2-8(3-4-10(11)12)9-5-13-7-14-6-9/h3-4,8-9H,2,5-7H2,1H3,(H,11,12)/b4-3-. The van der Waals surface area contributed by atoms with E-state index in [1.165, 1.54) is 6.08 Å². The molecule has 0 bridgehead atoms. The molecule has 0 amide bonds. The summed E-state index contributed by atoms with van der Waals surface area (Å²) in [7, 11) is 0. The first kappa shape index (κ1) is 11.2. The largest absolute Gasteiger partial charge is 0.478 e. The number of carbonyl (C=O) groups is 1. The smallest absolute Gasteiger partial charge is 0.327 e. The molecule has 0 aromatic heterocycles. The topological polar surface area (TPSA) is 55.8 Å². The van der Waals surface area contributed by atoms with Crippen LogP contribution in [0.1, 0.15) is 13.3 Å². The Morgan fingerprint density at radius 1 is 1.57 bits per heavy atom. The lowest BCUT2D eigenvalue weighted by Crippen LogP contribution is -2.29. The maximum atomic E-state index is 10.4. The van der Waals surface area contributed by atoms with E-state index in [0.29, 0.717) is 20.0 Å². The van der Waals surface area contributed by atoms with Gasteiger partial charge in [-0.1, -0.05) is 13.0 Å². The lowest BCUT2D eigenvalue weighted by molar-refractivity contribution is -0.134. The van der Waals surface area contributed by atoms with E-state index in [1.54, 1.807) is 6.08 Å². The number of rotatable bonds is 4. The molecule has 1 heterocycles. The van der Waals surface area contributed by atoms with Crippen molar-refractivity contribution in [2.75, 3.05) is 20.0 Å². The second kappa shape index (κ2) is 5.78. The zero-order valence-corrected chi connectivity index (χ0v) is 8.31. The van der Waals surface area contributed by atoms with Gasteiger partial charge in [0.2, 0.25) is 0 Å². The maximum Gasteiger partial charge on any atom is 0.327 e. The summed E-state index contributed by atoms with van der Waals surface area (Å²) in [5.74, 6) is -0.392. The molecular formula is C10H16O4. The van der Waals surface area contributed by atoms with Gasteiger partial charge in [0.05, 0.1) is 13.2 Å². The Morgan fingerprint density at radius 2 is 2.21 bits per heavy atom. The lowest BCUT2D eigenvalue weighted by atomic mass is 9.90. The zero-order valence-electron chi connectivity index (χ0n) is 8.31. The summed E-state index contributed by atoms with van der Waals surface area (Å²) in [6.45, 7) is 3.70. The van der Waals surface area contributed by atoms with Crippen LogP contribution in [0.2, 0.25) is 0 Å². The van der Waals surface area contributed by atoms with Crippen molar-refractivity contribution < 1.29 is 19.4 Å². The minimum Gasteiger partial charge on any atom is -0.478 e. The van der Waals surface area contributed by atoms with Crippen LogP contribution in [0.4, 0.5) is 0 Å². The van der Waals surface area contributed by atoms with E-state index < -0.39 is 5.97 Å². The van der Waals surface area contributed by atoms with Crippen LogP contribution in [0.3, 0.4) is 0 Å². The normalized spacial score (nSPS) is 21.2. The van der Waals surface area contributed by atoms with Gasteiger partial charge >= 0.3 is 5.97 Å². The second-order valence-corrected chi connectivity index (χ2v) is 3.39. The third-order valence-corrected chi connectivity index (χ3v) is 2.39. The Bertz CT molecular complexity index is 206. The van der Waals surface area contributed by atoms with E-state index in [-0.39, 0.29) is 11.8 Å². The van der Waals surface area contributed by atoms with Gasteiger partial charge in [0, 0.05) is 12.0 Å². The first-order valence-corrected chi connectivity index (χ1v) is 4.80. The number of aliphatic carboxylic acids is 1. The van der Waals surface area contributed by atoms with E-state index in [0.717, 1.165) is 6.42 Å². The third-order valence-electron chi connectivity index (χ3n) is 2.39. The highest BCUT2D eigenvalue weighted by Gasteiger charge is 2.21. The number of hydrogen-bond donors (Lipinski definition) is 1. The van der Waals surface area contributed by atoms with Crippen molar-refractivity contribution >= 4 is 5.97 Å². The molecule has 0 spiro atoms. The van der Waals surface area contributed by atoms with Crippen LogP contribution in [-0.2, 0) is 14.3 Å². The molecule has 1 fully saturated rings. The number of hydrogen-bond acceptors (Lipinski definition) is 3. The molecule has 80 valence electrons. The summed E-state index contributed by atoms with van der Waals surface area (Å²) < 4.78 is 10.3. The van der Waals surface area contributed by atoms with Crippen molar-refractivity contribution in [1.29, 1.82) is 0 Å². The number of ether oxygens (including phenoxy) is 2. The molecule has 0 aromatic rings. The van der Waals surface area contributed by atoms with Crippen molar-refractivity contribution in [3.05, 3.63) is 12.2 Å². The second-order valence-electron chi connectivity index (χ2n) is 3.39. The van der Waals surface area contributed by atoms with Crippen molar-refractivity contribution in [2.24, 2.45) is 11.8 Å². The fourth-order valence-electron chi connectivity index (χ4n) is 1.59. The van der Waals surface area contributed by atoms with Gasteiger partial charge in [-0.15, -0.1) is 0 Å². The van der Waals surface area contributed by atoms with Crippen molar-refractivity contribution in [1.82, 2.24) is 0 Å². The molecular weight excluding hydrogens is 184 g/mol. The molecule has 1 aliphatic heterocycles. The van der Waals surface area contributed by atoms with Crippen LogP contribution >= 0.6 is 0 Å². The van der Waals surface area contributed by atoms with Gasteiger partial charge in [-0.05, 0) is 12.3 Å². The first-order chi connectivity index (χ1) is 6.74. The molecule has 1 rings (SSSR count). The molecule has 4 nitrogen and oxygen atoms in total. The minimum absolute atomic E-state index is 0.228. The van der Waals surface area contributed by atoms with E-state index in [1.807, 2.05) is 6.92 Å². The fourth-order valence-corrected chi connectivity index (χ4v) is 1.59. The summed E-state index contributed by atoms with van der Waals surface area (Å²) in [6, 6.07) is 0.